The van der Waals surface area contributed by atoms with Gasteiger partial charge in [-0.1, -0.05) is 0 Å². The number of rotatable bonds is 5. The van der Waals surface area contributed by atoms with Crippen molar-refractivity contribution in [2.24, 2.45) is 7.05 Å². The SMILES string of the molecule is Cn1c(C2CCCN(S(C)(=O)=O)C2)nn(CC(=O)Nc2ccc(C(F)(F)F)cc2)c1=O. The molecular formula is C18H22F3N5O4S. The summed E-state index contributed by atoms with van der Waals surface area (Å²) in [4.78, 5) is 24.7. The monoisotopic (exact) mass is 461 g/mol. The fourth-order valence-electron chi connectivity index (χ4n) is 3.50. The van der Waals surface area contributed by atoms with Crippen LogP contribution in [0.4, 0.5) is 18.9 Å². The van der Waals surface area contributed by atoms with Crippen molar-refractivity contribution < 1.29 is 26.4 Å². The normalized spacial score (nSPS) is 18.2. The molecule has 1 amide bonds. The van der Waals surface area contributed by atoms with E-state index in [2.05, 4.69) is 10.4 Å². The minimum Gasteiger partial charge on any atom is -0.324 e. The van der Waals surface area contributed by atoms with Crippen LogP contribution in [0.15, 0.2) is 29.1 Å². The molecule has 1 saturated heterocycles. The smallest absolute Gasteiger partial charge is 0.324 e. The highest BCUT2D eigenvalue weighted by Gasteiger charge is 2.31. The maximum Gasteiger partial charge on any atom is 0.416 e. The van der Waals surface area contributed by atoms with Gasteiger partial charge in [-0.05, 0) is 37.1 Å². The van der Waals surface area contributed by atoms with Crippen molar-refractivity contribution in [2.45, 2.75) is 31.5 Å². The minimum absolute atomic E-state index is 0.151. The van der Waals surface area contributed by atoms with Crippen molar-refractivity contribution in [3.8, 4) is 0 Å². The molecule has 0 spiro atoms. The lowest BCUT2D eigenvalue weighted by Gasteiger charge is -2.30. The fourth-order valence-corrected chi connectivity index (χ4v) is 4.41. The van der Waals surface area contributed by atoms with Crippen LogP contribution in [0.1, 0.15) is 30.1 Å². The Morgan fingerprint density at radius 1 is 1.26 bits per heavy atom. The number of carbonyl (C=O) groups is 1. The van der Waals surface area contributed by atoms with E-state index in [4.69, 9.17) is 0 Å². The van der Waals surface area contributed by atoms with Gasteiger partial charge in [0.05, 0.1) is 11.8 Å². The predicted octanol–water partition coefficient (Wildman–Crippen LogP) is 1.38. The third-order valence-corrected chi connectivity index (χ3v) is 6.35. The van der Waals surface area contributed by atoms with Gasteiger partial charge in [0.25, 0.3) is 0 Å². The average molecular weight is 461 g/mol. The summed E-state index contributed by atoms with van der Waals surface area (Å²) in [5, 5.41) is 6.64. The Labute approximate surface area is 176 Å². The van der Waals surface area contributed by atoms with Crippen molar-refractivity contribution >= 4 is 21.6 Å². The van der Waals surface area contributed by atoms with Gasteiger partial charge in [-0.25, -0.2) is 22.2 Å². The van der Waals surface area contributed by atoms with E-state index in [-0.39, 0.29) is 18.2 Å². The van der Waals surface area contributed by atoms with Crippen molar-refractivity contribution in [3.05, 3.63) is 46.1 Å². The Morgan fingerprint density at radius 3 is 2.48 bits per heavy atom. The quantitative estimate of drug-likeness (QED) is 0.724. The molecule has 1 aliphatic rings. The van der Waals surface area contributed by atoms with E-state index in [0.29, 0.717) is 25.2 Å². The number of nitrogens with zero attached hydrogens (tertiary/aromatic N) is 4. The number of hydrogen-bond acceptors (Lipinski definition) is 5. The molecule has 3 rings (SSSR count). The summed E-state index contributed by atoms with van der Waals surface area (Å²) in [6, 6.07) is 3.93. The number of halogens is 3. The van der Waals surface area contributed by atoms with Crippen LogP contribution in [0.25, 0.3) is 0 Å². The van der Waals surface area contributed by atoms with Crippen LogP contribution in [0.3, 0.4) is 0 Å². The first kappa shape index (κ1) is 23.0. The lowest BCUT2D eigenvalue weighted by atomic mass is 9.99. The van der Waals surface area contributed by atoms with E-state index < -0.39 is 39.9 Å². The molecule has 1 fully saturated rings. The summed E-state index contributed by atoms with van der Waals surface area (Å²) in [5.41, 5.74) is -1.24. The third-order valence-electron chi connectivity index (χ3n) is 5.08. The molecule has 9 nitrogen and oxygen atoms in total. The molecule has 1 aromatic carbocycles. The molecule has 1 atom stereocenters. The highest BCUT2D eigenvalue weighted by molar-refractivity contribution is 7.88. The summed E-state index contributed by atoms with van der Waals surface area (Å²) in [6.07, 6.45) is -2.09. The van der Waals surface area contributed by atoms with E-state index in [1.165, 1.54) is 15.9 Å². The summed E-state index contributed by atoms with van der Waals surface area (Å²) < 4.78 is 65.1. The molecule has 0 bridgehead atoms. The highest BCUT2D eigenvalue weighted by Crippen LogP contribution is 2.30. The largest absolute Gasteiger partial charge is 0.416 e. The molecule has 1 N–H and O–H groups in total. The van der Waals surface area contributed by atoms with Gasteiger partial charge in [0.2, 0.25) is 15.9 Å². The van der Waals surface area contributed by atoms with E-state index in [9.17, 15) is 31.2 Å². The Bertz CT molecular complexity index is 1120. The molecule has 1 unspecified atom stereocenters. The number of amides is 1. The first-order valence-electron chi connectivity index (χ1n) is 9.42. The second-order valence-electron chi connectivity index (χ2n) is 7.44. The van der Waals surface area contributed by atoms with Gasteiger partial charge in [0.15, 0.2) is 0 Å². The lowest BCUT2D eigenvalue weighted by molar-refractivity contribution is -0.137. The average Bonchev–Trinajstić information content (AvgIpc) is 2.95. The van der Waals surface area contributed by atoms with Crippen molar-refractivity contribution in [2.75, 3.05) is 24.7 Å². The zero-order valence-electron chi connectivity index (χ0n) is 16.9. The van der Waals surface area contributed by atoms with Gasteiger partial charge in [0, 0.05) is 31.7 Å². The highest BCUT2D eigenvalue weighted by atomic mass is 32.2. The van der Waals surface area contributed by atoms with Crippen LogP contribution in [-0.4, -0.2) is 52.3 Å². The zero-order valence-corrected chi connectivity index (χ0v) is 17.7. The first-order chi connectivity index (χ1) is 14.4. The molecule has 13 heteroatoms. The molecule has 2 aromatic rings. The number of carbonyl (C=O) groups excluding carboxylic acids is 1. The Kier molecular flexibility index (Phi) is 6.28. The Balaban J connectivity index is 1.71. The van der Waals surface area contributed by atoms with Gasteiger partial charge in [-0.3, -0.25) is 9.36 Å². The number of hydrogen-bond donors (Lipinski definition) is 1. The second kappa shape index (κ2) is 8.46. The molecular weight excluding hydrogens is 439 g/mol. The lowest BCUT2D eigenvalue weighted by Crippen LogP contribution is -2.39. The van der Waals surface area contributed by atoms with E-state index in [1.54, 1.807) is 0 Å². The first-order valence-corrected chi connectivity index (χ1v) is 11.3. The zero-order chi connectivity index (χ0) is 23.0. The van der Waals surface area contributed by atoms with Crippen molar-refractivity contribution in [1.82, 2.24) is 18.7 Å². The number of benzene rings is 1. The number of anilines is 1. The maximum atomic E-state index is 12.6. The van der Waals surface area contributed by atoms with Crippen LogP contribution >= 0.6 is 0 Å². The van der Waals surface area contributed by atoms with Crippen LogP contribution < -0.4 is 11.0 Å². The number of sulfonamides is 1. The molecule has 0 saturated carbocycles. The summed E-state index contributed by atoms with van der Waals surface area (Å²) >= 11 is 0. The molecule has 0 radical (unpaired) electrons. The summed E-state index contributed by atoms with van der Waals surface area (Å²) in [5.74, 6) is -0.547. The van der Waals surface area contributed by atoms with Gasteiger partial charge in [-0.2, -0.15) is 18.3 Å². The molecule has 2 heterocycles. The second-order valence-corrected chi connectivity index (χ2v) is 9.42. The summed E-state index contributed by atoms with van der Waals surface area (Å²) in [7, 11) is -1.88. The Morgan fingerprint density at radius 2 is 1.90 bits per heavy atom. The number of aromatic nitrogens is 3. The number of piperidine rings is 1. The van der Waals surface area contributed by atoms with Crippen LogP contribution in [0, 0.1) is 0 Å². The predicted molar refractivity (Wildman–Crippen MR) is 106 cm³/mol. The van der Waals surface area contributed by atoms with Crippen LogP contribution in [0.5, 0.6) is 0 Å². The molecule has 0 aliphatic carbocycles. The summed E-state index contributed by atoms with van der Waals surface area (Å²) in [6.45, 7) is 0.163. The topological polar surface area (TPSA) is 106 Å². The number of nitrogens with one attached hydrogen (secondary N) is 1. The maximum absolute atomic E-state index is 12.6. The Hall–Kier alpha value is -2.67. The standard InChI is InChI=1S/C18H22F3N5O4S/c1-24-16(12-4-3-9-25(10-12)31(2,29)30)23-26(17(24)28)11-15(27)22-14-7-5-13(6-8-14)18(19,20)21/h5-8,12H,3-4,9-11H2,1-2H3,(H,22,27). The minimum atomic E-state index is -4.48. The van der Waals surface area contributed by atoms with E-state index in [1.807, 2.05) is 0 Å². The fraction of sp³-hybridized carbons (Fsp3) is 0.500. The van der Waals surface area contributed by atoms with Gasteiger partial charge in [-0.15, -0.1) is 0 Å². The molecule has 1 aliphatic heterocycles. The van der Waals surface area contributed by atoms with Gasteiger partial charge in [0.1, 0.15) is 12.4 Å². The third kappa shape index (κ3) is 5.34. The number of alkyl halides is 3. The van der Waals surface area contributed by atoms with Crippen molar-refractivity contribution in [3.63, 3.8) is 0 Å². The van der Waals surface area contributed by atoms with Crippen LogP contribution in [0.2, 0.25) is 0 Å². The van der Waals surface area contributed by atoms with Crippen molar-refractivity contribution in [1.29, 1.82) is 0 Å². The van der Waals surface area contributed by atoms with Crippen LogP contribution in [-0.2, 0) is 34.6 Å². The van der Waals surface area contributed by atoms with Gasteiger partial charge < -0.3 is 5.32 Å². The molecule has 170 valence electrons. The van der Waals surface area contributed by atoms with E-state index >= 15 is 0 Å². The van der Waals surface area contributed by atoms with Gasteiger partial charge >= 0.3 is 11.9 Å². The van der Waals surface area contributed by atoms with E-state index in [0.717, 1.165) is 35.2 Å². The molecule has 31 heavy (non-hydrogen) atoms. The molecule has 1 aromatic heterocycles.